The van der Waals surface area contributed by atoms with E-state index in [0.29, 0.717) is 0 Å². The van der Waals surface area contributed by atoms with Gasteiger partial charge < -0.3 is 12.3 Å². The lowest BCUT2D eigenvalue weighted by Crippen LogP contribution is -2.24. The van der Waals surface area contributed by atoms with Crippen LogP contribution in [0.2, 0.25) is 0 Å². The summed E-state index contributed by atoms with van der Waals surface area (Å²) in [5.41, 5.74) is 2.55. The van der Waals surface area contributed by atoms with Gasteiger partial charge in [-0.25, -0.2) is 0 Å². The van der Waals surface area contributed by atoms with Gasteiger partial charge in [-0.05, 0) is 16.3 Å². The van der Waals surface area contributed by atoms with Crippen molar-refractivity contribution >= 4 is 57.6 Å². The number of rotatable bonds is 6. The molecule has 7 heteroatoms. The molecule has 0 heterocycles. The number of allylic oxidation sites excluding steroid dienone is 4. The molecule has 0 amide bonds. The van der Waals surface area contributed by atoms with Crippen molar-refractivity contribution in [1.29, 1.82) is 0 Å². The van der Waals surface area contributed by atoms with Crippen LogP contribution in [0.5, 0.6) is 0 Å². The van der Waals surface area contributed by atoms with E-state index >= 15 is 0 Å². The summed E-state index contributed by atoms with van der Waals surface area (Å²) in [7, 11) is -1.45. The first kappa shape index (κ1) is 14.6. The predicted octanol–water partition coefficient (Wildman–Crippen LogP) is -1.68. The smallest absolute Gasteiger partial charge is 0.284 e. The molecular formula is C12H18O3Si4. The fraction of sp³-hybridized carbons (Fsp3) is 0. The summed E-state index contributed by atoms with van der Waals surface area (Å²) in [4.78, 5) is 0. The van der Waals surface area contributed by atoms with Crippen LogP contribution in [-0.4, -0.2) is 40.3 Å². The van der Waals surface area contributed by atoms with Crippen molar-refractivity contribution in [2.45, 2.75) is 0 Å². The zero-order valence-electron chi connectivity index (χ0n) is 11.0. The van der Waals surface area contributed by atoms with Gasteiger partial charge in [0.2, 0.25) is 0 Å². The third-order valence-corrected chi connectivity index (χ3v) is 7.41. The van der Waals surface area contributed by atoms with Crippen LogP contribution in [0.3, 0.4) is 0 Å². The van der Waals surface area contributed by atoms with Crippen molar-refractivity contribution in [2.24, 2.45) is 0 Å². The van der Waals surface area contributed by atoms with E-state index in [2.05, 4.69) is 42.5 Å². The van der Waals surface area contributed by atoms with Crippen LogP contribution >= 0.6 is 0 Å². The Morgan fingerprint density at radius 1 is 0.895 bits per heavy atom. The molecule has 0 bridgehead atoms. The lowest BCUT2D eigenvalue weighted by atomic mass is 10.1. The minimum absolute atomic E-state index is 0.697. The molecule has 1 aliphatic rings. The van der Waals surface area contributed by atoms with E-state index in [1.54, 1.807) is 0 Å². The van der Waals surface area contributed by atoms with Crippen LogP contribution in [0.15, 0.2) is 42.5 Å². The Morgan fingerprint density at radius 2 is 1.74 bits per heavy atom. The highest BCUT2D eigenvalue weighted by atomic mass is 28.4. The maximum absolute atomic E-state index is 5.81. The molecule has 100 valence electrons. The zero-order chi connectivity index (χ0) is 13.3. The molecule has 0 radical (unpaired) electrons. The Bertz CT molecular complexity index is 500. The SMILES string of the molecule is [SiH3]O[SiH2]O[SiH2]O[SiH2]c1cccc2c1C=CC=CC=C2. The average Bonchev–Trinajstić information content (AvgIpc) is 2.39. The summed E-state index contributed by atoms with van der Waals surface area (Å²) in [6.07, 6.45) is 12.5. The van der Waals surface area contributed by atoms with Crippen molar-refractivity contribution in [2.75, 3.05) is 0 Å². The topological polar surface area (TPSA) is 27.7 Å². The lowest BCUT2D eigenvalue weighted by Gasteiger charge is -2.11. The highest BCUT2D eigenvalue weighted by Crippen LogP contribution is 2.12. The molecule has 1 aliphatic carbocycles. The molecule has 0 spiro atoms. The van der Waals surface area contributed by atoms with E-state index in [1.807, 2.05) is 12.2 Å². The number of hydrogen-bond acceptors (Lipinski definition) is 3. The summed E-state index contributed by atoms with van der Waals surface area (Å²) in [5.74, 6) is 0. The second-order valence-electron chi connectivity index (χ2n) is 4.10. The van der Waals surface area contributed by atoms with E-state index in [-0.39, 0.29) is 0 Å². The molecule has 0 unspecified atom stereocenters. The van der Waals surface area contributed by atoms with Gasteiger partial charge >= 0.3 is 0 Å². The molecule has 0 N–H and O–H groups in total. The Labute approximate surface area is 124 Å². The second-order valence-corrected chi connectivity index (χ2v) is 11.2. The van der Waals surface area contributed by atoms with Gasteiger partial charge in [0, 0.05) is 0 Å². The molecule has 0 aromatic heterocycles. The van der Waals surface area contributed by atoms with Crippen molar-refractivity contribution in [3.8, 4) is 0 Å². The molecule has 0 atom stereocenters. The molecule has 2 rings (SSSR count). The minimum atomic E-state index is -0.819. The van der Waals surface area contributed by atoms with Crippen molar-refractivity contribution in [1.82, 2.24) is 0 Å². The Hall–Kier alpha value is -0.812. The minimum Gasteiger partial charge on any atom is -0.449 e. The van der Waals surface area contributed by atoms with Crippen LogP contribution in [-0.2, 0) is 12.3 Å². The predicted molar refractivity (Wildman–Crippen MR) is 92.1 cm³/mol. The normalized spacial score (nSPS) is 15.2. The fourth-order valence-electron chi connectivity index (χ4n) is 1.87. The Morgan fingerprint density at radius 3 is 2.58 bits per heavy atom. The molecule has 0 saturated carbocycles. The van der Waals surface area contributed by atoms with Gasteiger partial charge in [-0.1, -0.05) is 54.7 Å². The number of hydrogen-bond donors (Lipinski definition) is 0. The molecule has 0 aliphatic heterocycles. The van der Waals surface area contributed by atoms with E-state index in [9.17, 15) is 0 Å². The monoisotopic (exact) mass is 322 g/mol. The summed E-state index contributed by atoms with van der Waals surface area (Å²) in [6.45, 7) is 0. The standard InChI is InChI=1S/C12H18O3Si4/c16-13-18-15-19-14-17-12-9-5-7-10-6-3-1-2-4-8-11(10)12/h1-9H,17-19H2,16H3. The molecule has 0 fully saturated rings. The van der Waals surface area contributed by atoms with E-state index < -0.39 is 29.8 Å². The molecule has 0 saturated heterocycles. The highest BCUT2D eigenvalue weighted by Gasteiger charge is 2.05. The van der Waals surface area contributed by atoms with Gasteiger partial charge in [-0.15, -0.1) is 0 Å². The molecular weight excluding hydrogens is 304 g/mol. The first-order chi connectivity index (χ1) is 9.42. The fourth-order valence-corrected chi connectivity index (χ4v) is 7.77. The van der Waals surface area contributed by atoms with Crippen molar-refractivity contribution < 1.29 is 12.3 Å². The van der Waals surface area contributed by atoms with Crippen molar-refractivity contribution in [3.05, 3.63) is 53.6 Å². The molecule has 3 nitrogen and oxygen atoms in total. The Balaban J connectivity index is 2.03. The van der Waals surface area contributed by atoms with Crippen LogP contribution in [0.4, 0.5) is 0 Å². The summed E-state index contributed by atoms with van der Waals surface area (Å²) >= 11 is 0. The lowest BCUT2D eigenvalue weighted by molar-refractivity contribution is 0.441. The maximum Gasteiger partial charge on any atom is 0.284 e. The molecule has 1 aromatic rings. The van der Waals surface area contributed by atoms with Gasteiger partial charge in [-0.3, -0.25) is 0 Å². The third kappa shape index (κ3) is 4.65. The van der Waals surface area contributed by atoms with E-state index in [4.69, 9.17) is 12.3 Å². The first-order valence-corrected chi connectivity index (χ1v) is 10.6. The zero-order valence-corrected chi connectivity index (χ0v) is 17.3. The summed E-state index contributed by atoms with van der Waals surface area (Å²) < 4.78 is 16.4. The van der Waals surface area contributed by atoms with Gasteiger partial charge in [0.05, 0.1) is 0 Å². The maximum atomic E-state index is 5.81. The van der Waals surface area contributed by atoms with E-state index in [1.165, 1.54) is 16.3 Å². The second kappa shape index (κ2) is 8.38. The van der Waals surface area contributed by atoms with Gasteiger partial charge in [0.15, 0.2) is 9.76 Å². The van der Waals surface area contributed by atoms with E-state index in [0.717, 1.165) is 10.5 Å². The van der Waals surface area contributed by atoms with Crippen LogP contribution in [0.1, 0.15) is 11.1 Å². The van der Waals surface area contributed by atoms with Crippen LogP contribution in [0.25, 0.3) is 12.2 Å². The number of fused-ring (bicyclic) bond motifs is 1. The average molecular weight is 323 g/mol. The largest absolute Gasteiger partial charge is 0.449 e. The van der Waals surface area contributed by atoms with Crippen molar-refractivity contribution in [3.63, 3.8) is 0 Å². The summed E-state index contributed by atoms with van der Waals surface area (Å²) in [6, 6.07) is 6.42. The summed E-state index contributed by atoms with van der Waals surface area (Å²) in [5, 5.41) is 1.35. The van der Waals surface area contributed by atoms with Gasteiger partial charge in [0.1, 0.15) is 10.5 Å². The molecule has 1 aromatic carbocycles. The van der Waals surface area contributed by atoms with Gasteiger partial charge in [0.25, 0.3) is 20.0 Å². The third-order valence-electron chi connectivity index (χ3n) is 2.73. The van der Waals surface area contributed by atoms with Crippen LogP contribution in [0, 0.1) is 0 Å². The van der Waals surface area contributed by atoms with Crippen LogP contribution < -0.4 is 5.19 Å². The number of benzene rings is 1. The first-order valence-electron chi connectivity index (χ1n) is 6.19. The molecule has 19 heavy (non-hydrogen) atoms. The quantitative estimate of drug-likeness (QED) is 0.463. The van der Waals surface area contributed by atoms with Gasteiger partial charge in [-0.2, -0.15) is 0 Å². The highest BCUT2D eigenvalue weighted by molar-refractivity contribution is 6.55. The Kier molecular flexibility index (Phi) is 6.43.